The summed E-state index contributed by atoms with van der Waals surface area (Å²) in [6.07, 6.45) is 2.92. The van der Waals surface area contributed by atoms with Crippen LogP contribution in [0, 0.1) is 0 Å². The number of hydrogen-bond acceptors (Lipinski definition) is 4. The number of rotatable bonds is 5. The van der Waals surface area contributed by atoms with Gasteiger partial charge < -0.3 is 9.64 Å². The van der Waals surface area contributed by atoms with Crippen LogP contribution in [-0.2, 0) is 17.9 Å². The third kappa shape index (κ3) is 3.85. The Balaban J connectivity index is 2.10. The lowest BCUT2D eigenvalue weighted by atomic mass is 10.2. The summed E-state index contributed by atoms with van der Waals surface area (Å²) in [6.45, 7) is 0.267. The van der Waals surface area contributed by atoms with E-state index in [9.17, 15) is 9.59 Å². The number of carbonyl (C=O) groups is 1. The minimum Gasteiger partial charge on any atom is -0.496 e. The van der Waals surface area contributed by atoms with E-state index in [0.717, 1.165) is 5.56 Å². The molecular formula is C15H16ClN3O3. The number of likely N-dealkylation sites (N-methyl/N-ethyl adjacent to an activating group) is 1. The first-order chi connectivity index (χ1) is 10.5. The van der Waals surface area contributed by atoms with Crippen LogP contribution in [0.5, 0.6) is 5.75 Å². The Morgan fingerprint density at radius 2 is 2.23 bits per heavy atom. The Morgan fingerprint density at radius 3 is 2.91 bits per heavy atom. The van der Waals surface area contributed by atoms with E-state index in [4.69, 9.17) is 16.3 Å². The lowest BCUT2D eigenvalue weighted by Crippen LogP contribution is -2.34. The van der Waals surface area contributed by atoms with Crippen molar-refractivity contribution in [2.24, 2.45) is 0 Å². The van der Waals surface area contributed by atoms with Gasteiger partial charge in [0.2, 0.25) is 5.91 Å². The van der Waals surface area contributed by atoms with Crippen LogP contribution in [-0.4, -0.2) is 34.5 Å². The van der Waals surface area contributed by atoms with Gasteiger partial charge in [-0.15, -0.1) is 0 Å². The molecule has 1 aromatic heterocycles. The Labute approximate surface area is 132 Å². The average molecular weight is 322 g/mol. The third-order valence-corrected chi connectivity index (χ3v) is 3.40. The maximum absolute atomic E-state index is 12.2. The van der Waals surface area contributed by atoms with Crippen molar-refractivity contribution in [3.05, 3.63) is 57.7 Å². The van der Waals surface area contributed by atoms with Crippen LogP contribution in [0.1, 0.15) is 5.56 Å². The number of ether oxygens (including phenoxy) is 1. The van der Waals surface area contributed by atoms with E-state index >= 15 is 0 Å². The molecule has 7 heteroatoms. The molecule has 0 N–H and O–H groups in total. The molecule has 6 nitrogen and oxygen atoms in total. The molecule has 1 heterocycles. The molecule has 0 bridgehead atoms. The average Bonchev–Trinajstić information content (AvgIpc) is 2.49. The second-order valence-electron chi connectivity index (χ2n) is 4.74. The van der Waals surface area contributed by atoms with Gasteiger partial charge in [0.1, 0.15) is 12.3 Å². The zero-order chi connectivity index (χ0) is 16.1. The van der Waals surface area contributed by atoms with Gasteiger partial charge >= 0.3 is 5.69 Å². The van der Waals surface area contributed by atoms with Crippen molar-refractivity contribution in [1.82, 2.24) is 14.5 Å². The Bertz CT molecular complexity index is 730. The fraction of sp³-hybridized carbons (Fsp3) is 0.267. The molecule has 0 saturated heterocycles. The molecule has 1 aromatic carbocycles. The van der Waals surface area contributed by atoms with Crippen LogP contribution < -0.4 is 10.4 Å². The number of benzene rings is 1. The number of methoxy groups -OCH3 is 1. The first kappa shape index (κ1) is 16.0. The smallest absolute Gasteiger partial charge is 0.347 e. The minimum absolute atomic E-state index is 0.0634. The Hall–Kier alpha value is -2.34. The molecule has 0 aliphatic heterocycles. The second kappa shape index (κ2) is 7.09. The fourth-order valence-electron chi connectivity index (χ4n) is 1.99. The minimum atomic E-state index is -0.454. The molecule has 2 aromatic rings. The predicted octanol–water partition coefficient (Wildman–Crippen LogP) is 1.56. The zero-order valence-electron chi connectivity index (χ0n) is 12.3. The molecular weight excluding hydrogens is 306 g/mol. The number of hydrogen-bond donors (Lipinski definition) is 0. The van der Waals surface area contributed by atoms with Crippen molar-refractivity contribution in [3.63, 3.8) is 0 Å². The van der Waals surface area contributed by atoms with Gasteiger partial charge in [0, 0.05) is 36.6 Å². The highest BCUT2D eigenvalue weighted by Crippen LogP contribution is 2.23. The molecule has 0 fully saturated rings. The summed E-state index contributed by atoms with van der Waals surface area (Å²) in [7, 11) is 3.22. The summed E-state index contributed by atoms with van der Waals surface area (Å²) in [4.78, 5) is 28.9. The maximum atomic E-state index is 12.2. The maximum Gasteiger partial charge on any atom is 0.347 e. The van der Waals surface area contributed by atoms with Gasteiger partial charge in [-0.05, 0) is 24.3 Å². The van der Waals surface area contributed by atoms with Crippen molar-refractivity contribution >= 4 is 17.5 Å². The quantitative estimate of drug-likeness (QED) is 0.838. The van der Waals surface area contributed by atoms with Gasteiger partial charge in [-0.3, -0.25) is 9.36 Å². The van der Waals surface area contributed by atoms with E-state index in [2.05, 4.69) is 4.98 Å². The van der Waals surface area contributed by atoms with Crippen LogP contribution in [0.4, 0.5) is 0 Å². The number of carbonyl (C=O) groups excluding carboxylic acids is 1. The van der Waals surface area contributed by atoms with Crippen molar-refractivity contribution in [1.29, 1.82) is 0 Å². The van der Waals surface area contributed by atoms with E-state index in [-0.39, 0.29) is 12.5 Å². The van der Waals surface area contributed by atoms with Gasteiger partial charge in [-0.2, -0.15) is 0 Å². The van der Waals surface area contributed by atoms with Crippen molar-refractivity contribution in [3.8, 4) is 5.75 Å². The molecule has 0 spiro atoms. The van der Waals surface area contributed by atoms with Crippen molar-refractivity contribution in [2.75, 3.05) is 14.2 Å². The van der Waals surface area contributed by atoms with E-state index in [1.165, 1.54) is 21.9 Å². The molecule has 1 amide bonds. The first-order valence-electron chi connectivity index (χ1n) is 6.59. The van der Waals surface area contributed by atoms with E-state index in [1.807, 2.05) is 0 Å². The molecule has 0 aliphatic rings. The largest absolute Gasteiger partial charge is 0.496 e. The second-order valence-corrected chi connectivity index (χ2v) is 5.17. The summed E-state index contributed by atoms with van der Waals surface area (Å²) in [5, 5.41) is 0.570. The molecule has 0 atom stereocenters. The molecule has 116 valence electrons. The van der Waals surface area contributed by atoms with E-state index in [1.54, 1.807) is 38.4 Å². The number of aromatic nitrogens is 2. The first-order valence-corrected chi connectivity index (χ1v) is 6.97. The Morgan fingerprint density at radius 1 is 1.45 bits per heavy atom. The lowest BCUT2D eigenvalue weighted by Gasteiger charge is -2.19. The highest BCUT2D eigenvalue weighted by atomic mass is 35.5. The highest BCUT2D eigenvalue weighted by molar-refractivity contribution is 6.30. The third-order valence-electron chi connectivity index (χ3n) is 3.16. The summed E-state index contributed by atoms with van der Waals surface area (Å²) >= 11 is 5.97. The van der Waals surface area contributed by atoms with E-state index < -0.39 is 5.69 Å². The van der Waals surface area contributed by atoms with Crippen LogP contribution >= 0.6 is 11.6 Å². The SMILES string of the molecule is COc1ccc(Cl)cc1CN(C)C(=O)Cn1cccnc1=O. The van der Waals surface area contributed by atoms with Gasteiger partial charge in [-0.1, -0.05) is 11.6 Å². The fourth-order valence-corrected chi connectivity index (χ4v) is 2.18. The lowest BCUT2D eigenvalue weighted by molar-refractivity contribution is -0.131. The molecule has 2 rings (SSSR count). The summed E-state index contributed by atoms with van der Waals surface area (Å²) in [6, 6.07) is 6.83. The normalized spacial score (nSPS) is 10.3. The molecule has 0 unspecified atom stereocenters. The Kier molecular flexibility index (Phi) is 5.16. The number of amides is 1. The van der Waals surface area contributed by atoms with Crippen LogP contribution in [0.3, 0.4) is 0 Å². The molecule has 0 radical (unpaired) electrons. The van der Waals surface area contributed by atoms with Gasteiger partial charge in [0.25, 0.3) is 0 Å². The zero-order valence-corrected chi connectivity index (χ0v) is 13.1. The molecule has 0 saturated carbocycles. The topological polar surface area (TPSA) is 64.4 Å². The van der Waals surface area contributed by atoms with E-state index in [0.29, 0.717) is 17.3 Å². The van der Waals surface area contributed by atoms with Crippen molar-refractivity contribution < 1.29 is 9.53 Å². The van der Waals surface area contributed by atoms with Crippen molar-refractivity contribution in [2.45, 2.75) is 13.1 Å². The number of halogens is 1. The predicted molar refractivity (Wildman–Crippen MR) is 83.0 cm³/mol. The van der Waals surface area contributed by atoms with Gasteiger partial charge in [0.05, 0.1) is 7.11 Å². The standard InChI is InChI=1S/C15H16ClN3O3/c1-18(9-11-8-12(16)4-5-13(11)22-2)14(20)10-19-7-3-6-17-15(19)21/h3-8H,9-10H2,1-2H3. The monoisotopic (exact) mass is 321 g/mol. The summed E-state index contributed by atoms with van der Waals surface area (Å²) in [5.74, 6) is 0.444. The van der Waals surface area contributed by atoms with Crippen LogP contribution in [0.2, 0.25) is 5.02 Å². The van der Waals surface area contributed by atoms with Crippen LogP contribution in [0.25, 0.3) is 0 Å². The molecule has 22 heavy (non-hydrogen) atoms. The number of nitrogens with zero attached hydrogens (tertiary/aromatic N) is 3. The molecule has 0 aliphatic carbocycles. The highest BCUT2D eigenvalue weighted by Gasteiger charge is 2.13. The van der Waals surface area contributed by atoms with Gasteiger partial charge in [0.15, 0.2) is 0 Å². The summed E-state index contributed by atoms with van der Waals surface area (Å²) in [5.41, 5.74) is 0.342. The van der Waals surface area contributed by atoms with Crippen LogP contribution in [0.15, 0.2) is 41.5 Å². The van der Waals surface area contributed by atoms with Gasteiger partial charge in [-0.25, -0.2) is 9.78 Å². The summed E-state index contributed by atoms with van der Waals surface area (Å²) < 4.78 is 6.51.